The molecule has 0 amide bonds. The summed E-state index contributed by atoms with van der Waals surface area (Å²) in [5.74, 6) is 0. The van der Waals surface area contributed by atoms with Crippen molar-refractivity contribution in [3.63, 3.8) is 0 Å². The van der Waals surface area contributed by atoms with Crippen molar-refractivity contribution in [1.82, 2.24) is 9.13 Å². The molecule has 0 bridgehead atoms. The molecule has 3 nitrogen and oxygen atoms in total. The quantitative estimate of drug-likeness (QED) is 0.169. The van der Waals surface area contributed by atoms with Crippen molar-refractivity contribution in [3.05, 3.63) is 243 Å². The van der Waals surface area contributed by atoms with Crippen LogP contribution in [0.15, 0.2) is 247 Å². The summed E-state index contributed by atoms with van der Waals surface area (Å²) in [6.07, 6.45) is 0. The number of hydrogen-bond donors (Lipinski definition) is 0. The second kappa shape index (κ2) is 15.1. The molecule has 0 unspecified atom stereocenters. The molecule has 12 aromatic carbocycles. The van der Waals surface area contributed by atoms with Gasteiger partial charge in [-0.15, -0.1) is 11.3 Å². The smallest absolute Gasteiger partial charge is 0.143 e. The highest BCUT2D eigenvalue weighted by atomic mass is 32.1. The van der Waals surface area contributed by atoms with Crippen LogP contribution in [0.2, 0.25) is 0 Å². The zero-order chi connectivity index (χ0) is 47.0. The van der Waals surface area contributed by atoms with E-state index in [1.54, 1.807) is 0 Å². The molecule has 0 saturated heterocycles. The predicted octanol–water partition coefficient (Wildman–Crippen LogP) is 19.5. The number of rotatable bonds is 5. The van der Waals surface area contributed by atoms with E-state index in [1.165, 1.54) is 108 Å². The topological polar surface area (TPSA) is 23.0 Å². The summed E-state index contributed by atoms with van der Waals surface area (Å²) in [6.45, 7) is 0. The van der Waals surface area contributed by atoms with Gasteiger partial charge in [0.1, 0.15) is 11.2 Å². The largest absolute Gasteiger partial charge is 0.455 e. The van der Waals surface area contributed by atoms with E-state index in [4.69, 9.17) is 4.42 Å². The highest BCUT2D eigenvalue weighted by molar-refractivity contribution is 7.25. The Morgan fingerprint density at radius 3 is 1.67 bits per heavy atom. The molecule has 16 aromatic rings. The lowest BCUT2D eigenvalue weighted by Gasteiger charge is -2.12. The third-order valence-corrected chi connectivity index (χ3v) is 16.5. The van der Waals surface area contributed by atoms with Gasteiger partial charge in [0.05, 0.1) is 27.8 Å². The summed E-state index contributed by atoms with van der Waals surface area (Å²) in [5, 5.41) is 14.7. The normalized spacial score (nSPS) is 12.2. The zero-order valence-electron chi connectivity index (χ0n) is 38.8. The number of nitrogens with zero attached hydrogens (tertiary/aromatic N) is 2. The summed E-state index contributed by atoms with van der Waals surface area (Å²) in [4.78, 5) is 0. The zero-order valence-corrected chi connectivity index (χ0v) is 39.6. The molecule has 334 valence electrons. The van der Waals surface area contributed by atoms with Crippen LogP contribution in [-0.4, -0.2) is 9.13 Å². The Morgan fingerprint density at radius 1 is 0.306 bits per heavy atom. The Morgan fingerprint density at radius 2 is 0.847 bits per heavy atom. The Hall–Kier alpha value is -9.22. The Balaban J connectivity index is 0.880. The molecule has 0 aliphatic heterocycles. The van der Waals surface area contributed by atoms with E-state index in [9.17, 15) is 0 Å². The standard InChI is InChI=1S/C68H40N2OS/c1-3-14-49-42(11-1)13-9-20-59(49)70-60-32-26-45(37-55(60)56-40-47(28-34-61(56)70)51-18-10-19-54-52-16-5-7-21-64(52)71-68(51)54)46-27-33-62-58(39-46)67-50-15-4-2-12-43(50)25-35-63(67)69(62)48-30-23-41(24-31-48)44-29-36-66-57(38-44)53-17-6-8-22-65(53)72-66/h1-40H. The number of thiophene rings is 1. The van der Waals surface area contributed by atoms with E-state index in [0.29, 0.717) is 0 Å². The van der Waals surface area contributed by atoms with Crippen LogP contribution in [0.3, 0.4) is 0 Å². The van der Waals surface area contributed by atoms with Gasteiger partial charge in [-0.05, 0) is 129 Å². The summed E-state index contributed by atoms with van der Waals surface area (Å²) >= 11 is 1.86. The van der Waals surface area contributed by atoms with Crippen LogP contribution in [-0.2, 0) is 0 Å². The van der Waals surface area contributed by atoms with Crippen LogP contribution in [0.1, 0.15) is 0 Å². The van der Waals surface area contributed by atoms with Gasteiger partial charge in [-0.3, -0.25) is 0 Å². The number of para-hydroxylation sites is 2. The maximum absolute atomic E-state index is 6.60. The average molecular weight is 933 g/mol. The fraction of sp³-hybridized carbons (Fsp3) is 0. The molecule has 0 spiro atoms. The summed E-state index contributed by atoms with van der Waals surface area (Å²) in [5.41, 5.74) is 15.8. The minimum atomic E-state index is 0.904. The van der Waals surface area contributed by atoms with Gasteiger partial charge < -0.3 is 13.6 Å². The fourth-order valence-electron chi connectivity index (χ4n) is 12.0. The Bertz CT molecular complexity index is 4920. The number of benzene rings is 12. The maximum Gasteiger partial charge on any atom is 0.143 e. The first kappa shape index (κ1) is 39.6. The van der Waals surface area contributed by atoms with Gasteiger partial charge in [-0.25, -0.2) is 0 Å². The lowest BCUT2D eigenvalue weighted by Crippen LogP contribution is -1.95. The number of aromatic nitrogens is 2. The summed E-state index contributed by atoms with van der Waals surface area (Å²) in [7, 11) is 0. The van der Waals surface area contributed by atoms with E-state index in [0.717, 1.165) is 44.3 Å². The van der Waals surface area contributed by atoms with Crippen molar-refractivity contribution >= 4 is 119 Å². The second-order valence-corrected chi connectivity index (χ2v) is 20.3. The van der Waals surface area contributed by atoms with E-state index in [1.807, 2.05) is 17.4 Å². The molecule has 16 rings (SSSR count). The van der Waals surface area contributed by atoms with E-state index in [-0.39, 0.29) is 0 Å². The minimum absolute atomic E-state index is 0.904. The van der Waals surface area contributed by atoms with Crippen molar-refractivity contribution in [2.45, 2.75) is 0 Å². The third kappa shape index (κ3) is 5.78. The van der Waals surface area contributed by atoms with Crippen LogP contribution < -0.4 is 0 Å². The third-order valence-electron chi connectivity index (χ3n) is 15.3. The van der Waals surface area contributed by atoms with Crippen molar-refractivity contribution in [3.8, 4) is 44.8 Å². The van der Waals surface area contributed by atoms with Gasteiger partial charge in [-0.2, -0.15) is 0 Å². The molecule has 4 aromatic heterocycles. The van der Waals surface area contributed by atoms with Crippen molar-refractivity contribution < 1.29 is 4.42 Å². The predicted molar refractivity (Wildman–Crippen MR) is 307 cm³/mol. The number of fused-ring (bicyclic) bond motifs is 15. The van der Waals surface area contributed by atoms with Gasteiger partial charge in [0.25, 0.3) is 0 Å². The summed E-state index contributed by atoms with van der Waals surface area (Å²) in [6, 6.07) is 89.4. The van der Waals surface area contributed by atoms with Crippen molar-refractivity contribution in [2.24, 2.45) is 0 Å². The molecular formula is C68H40N2OS. The number of hydrogen-bond acceptors (Lipinski definition) is 2. The molecule has 0 aliphatic carbocycles. The molecule has 0 radical (unpaired) electrons. The van der Waals surface area contributed by atoms with Crippen LogP contribution >= 0.6 is 11.3 Å². The first-order valence-electron chi connectivity index (χ1n) is 24.6. The van der Waals surface area contributed by atoms with Crippen LogP contribution in [0.25, 0.3) is 152 Å². The average Bonchev–Trinajstić information content (AvgIpc) is 4.20. The lowest BCUT2D eigenvalue weighted by atomic mass is 9.98. The minimum Gasteiger partial charge on any atom is -0.455 e. The molecular weight excluding hydrogens is 893 g/mol. The summed E-state index contributed by atoms with van der Waals surface area (Å²) < 4.78 is 14.2. The molecule has 0 saturated carbocycles. The second-order valence-electron chi connectivity index (χ2n) is 19.2. The molecule has 0 N–H and O–H groups in total. The lowest BCUT2D eigenvalue weighted by molar-refractivity contribution is 0.670. The molecule has 0 atom stereocenters. The molecule has 0 fully saturated rings. The maximum atomic E-state index is 6.60. The number of furan rings is 1. The van der Waals surface area contributed by atoms with Gasteiger partial charge in [-0.1, -0.05) is 158 Å². The highest BCUT2D eigenvalue weighted by Gasteiger charge is 2.21. The van der Waals surface area contributed by atoms with E-state index >= 15 is 0 Å². The Kier molecular flexibility index (Phi) is 8.33. The monoisotopic (exact) mass is 932 g/mol. The Labute approximate surface area is 417 Å². The SMILES string of the molecule is c1ccc2c(-n3c4ccc(-c5ccc6c(c5)c5c7ccccc7ccc5n6-c5ccc(-c6ccc7sc8ccccc8c7c6)cc5)cc4c4cc(-c5cccc6c5oc5ccccc56)ccc43)cccc2c1. The van der Waals surface area contributed by atoms with E-state index < -0.39 is 0 Å². The first-order chi connectivity index (χ1) is 35.7. The van der Waals surface area contributed by atoms with Crippen LogP contribution in [0.4, 0.5) is 0 Å². The fourth-order valence-corrected chi connectivity index (χ4v) is 13.1. The van der Waals surface area contributed by atoms with Crippen LogP contribution in [0.5, 0.6) is 0 Å². The van der Waals surface area contributed by atoms with Crippen molar-refractivity contribution in [1.29, 1.82) is 0 Å². The van der Waals surface area contributed by atoms with E-state index in [2.05, 4.69) is 246 Å². The van der Waals surface area contributed by atoms with Crippen LogP contribution in [0, 0.1) is 0 Å². The first-order valence-corrected chi connectivity index (χ1v) is 25.5. The van der Waals surface area contributed by atoms with Gasteiger partial charge >= 0.3 is 0 Å². The molecule has 72 heavy (non-hydrogen) atoms. The van der Waals surface area contributed by atoms with Gasteiger partial charge in [0.15, 0.2) is 0 Å². The molecule has 0 aliphatic rings. The van der Waals surface area contributed by atoms with Gasteiger partial charge in [0.2, 0.25) is 0 Å². The highest BCUT2D eigenvalue weighted by Crippen LogP contribution is 2.44. The molecule has 4 heteroatoms. The molecule has 4 heterocycles. The van der Waals surface area contributed by atoms with Crippen molar-refractivity contribution in [2.75, 3.05) is 0 Å². The van der Waals surface area contributed by atoms with Gasteiger partial charge in [0, 0.05) is 69.1 Å².